The summed E-state index contributed by atoms with van der Waals surface area (Å²) in [6.07, 6.45) is 0. The van der Waals surface area contributed by atoms with E-state index in [4.69, 9.17) is 15.0 Å². The molecule has 230 valence electrons. The zero-order valence-electron chi connectivity index (χ0n) is 25.7. The molecule has 8 rings (SSSR count). The number of H-pyrrole nitrogens is 1. The van der Waals surface area contributed by atoms with E-state index in [2.05, 4.69) is 196 Å². The first-order valence-electron chi connectivity index (χ1n) is 15.7. The molecule has 0 aliphatic carbocycles. The standard InChI is InChI=1S/C42H28I2N4/c43-35-15-7-13-33(25-35)41-45-37(29-9-3-1-4-10-29)39(47-41)31-21-17-27(18-22-31)28-19-23-32(24-20-28)40-38(30-11-5-2-6-12-30)46-42(48-40)34-14-8-16-36(44)26-34/h1-26,37H,(H,46,48)/t37-/m1/s1. The zero-order valence-corrected chi connectivity index (χ0v) is 30.0. The van der Waals surface area contributed by atoms with Crippen molar-refractivity contribution in [3.05, 3.63) is 182 Å². The number of aromatic amines is 1. The number of nitrogens with zero attached hydrogens (tertiary/aromatic N) is 3. The minimum absolute atomic E-state index is 0.152. The van der Waals surface area contributed by atoms with Crippen molar-refractivity contribution in [2.75, 3.05) is 0 Å². The Morgan fingerprint density at radius 1 is 0.479 bits per heavy atom. The van der Waals surface area contributed by atoms with Gasteiger partial charge < -0.3 is 4.98 Å². The van der Waals surface area contributed by atoms with Gasteiger partial charge in [-0.25, -0.2) is 9.98 Å². The molecule has 48 heavy (non-hydrogen) atoms. The number of hydrogen-bond donors (Lipinski definition) is 1. The Hall–Kier alpha value is -4.67. The molecule has 7 aromatic rings. The Labute approximate surface area is 307 Å². The summed E-state index contributed by atoms with van der Waals surface area (Å²) in [7, 11) is 0. The van der Waals surface area contributed by atoms with Crippen molar-refractivity contribution < 1.29 is 0 Å². The minimum atomic E-state index is -0.152. The first-order valence-corrected chi connectivity index (χ1v) is 17.8. The van der Waals surface area contributed by atoms with Crippen LogP contribution in [-0.4, -0.2) is 21.5 Å². The van der Waals surface area contributed by atoms with Crippen molar-refractivity contribution in [3.8, 4) is 45.0 Å². The van der Waals surface area contributed by atoms with Gasteiger partial charge in [-0.3, -0.25) is 4.99 Å². The van der Waals surface area contributed by atoms with Gasteiger partial charge in [-0.15, -0.1) is 0 Å². The lowest BCUT2D eigenvalue weighted by atomic mass is 9.95. The quantitative estimate of drug-likeness (QED) is 0.160. The maximum Gasteiger partial charge on any atom is 0.155 e. The second kappa shape index (κ2) is 13.4. The Morgan fingerprint density at radius 2 is 1.02 bits per heavy atom. The summed E-state index contributed by atoms with van der Waals surface area (Å²) in [5.41, 5.74) is 11.7. The predicted molar refractivity (Wildman–Crippen MR) is 214 cm³/mol. The number of benzene rings is 6. The smallest absolute Gasteiger partial charge is 0.155 e. The molecule has 1 aliphatic rings. The van der Waals surface area contributed by atoms with Gasteiger partial charge in [0.05, 0.1) is 17.1 Å². The van der Waals surface area contributed by atoms with Crippen molar-refractivity contribution in [3.63, 3.8) is 0 Å². The molecule has 1 aliphatic heterocycles. The number of aliphatic imine (C=N–C) groups is 2. The van der Waals surface area contributed by atoms with Crippen LogP contribution in [0.25, 0.3) is 45.0 Å². The van der Waals surface area contributed by atoms with E-state index >= 15 is 0 Å². The summed E-state index contributed by atoms with van der Waals surface area (Å²) in [5.74, 6) is 1.63. The van der Waals surface area contributed by atoms with Crippen LogP contribution in [0.4, 0.5) is 0 Å². The van der Waals surface area contributed by atoms with Crippen molar-refractivity contribution >= 4 is 56.7 Å². The third kappa shape index (κ3) is 6.30. The van der Waals surface area contributed by atoms with E-state index in [1.807, 2.05) is 12.1 Å². The maximum atomic E-state index is 5.11. The topological polar surface area (TPSA) is 53.4 Å². The number of nitrogens with one attached hydrogen (secondary N) is 1. The molecule has 0 spiro atoms. The van der Waals surface area contributed by atoms with Crippen LogP contribution < -0.4 is 0 Å². The lowest BCUT2D eigenvalue weighted by molar-refractivity contribution is 0.986. The Morgan fingerprint density at radius 3 is 1.67 bits per heavy atom. The largest absolute Gasteiger partial charge is 0.337 e. The first kappa shape index (κ1) is 30.7. The van der Waals surface area contributed by atoms with Crippen LogP contribution in [0.1, 0.15) is 22.7 Å². The van der Waals surface area contributed by atoms with Gasteiger partial charge in [0, 0.05) is 29.4 Å². The fourth-order valence-corrected chi connectivity index (χ4v) is 7.15. The first-order chi connectivity index (χ1) is 23.6. The van der Waals surface area contributed by atoms with Gasteiger partial charge in [-0.2, -0.15) is 0 Å². The van der Waals surface area contributed by atoms with E-state index in [0.717, 1.165) is 76.8 Å². The van der Waals surface area contributed by atoms with Gasteiger partial charge in [-0.1, -0.05) is 133 Å². The third-order valence-electron chi connectivity index (χ3n) is 8.47. The number of amidine groups is 1. The van der Waals surface area contributed by atoms with E-state index in [1.165, 1.54) is 3.57 Å². The fraction of sp³-hybridized carbons (Fsp3) is 0.0238. The fourth-order valence-electron chi connectivity index (χ4n) is 6.07. The Bertz CT molecular complexity index is 2290. The van der Waals surface area contributed by atoms with E-state index in [-0.39, 0.29) is 6.04 Å². The van der Waals surface area contributed by atoms with Crippen molar-refractivity contribution in [1.29, 1.82) is 0 Å². The summed E-state index contributed by atoms with van der Waals surface area (Å²) in [5, 5.41) is 0. The average Bonchev–Trinajstić information content (AvgIpc) is 3.79. The number of aromatic nitrogens is 2. The highest BCUT2D eigenvalue weighted by Crippen LogP contribution is 2.35. The van der Waals surface area contributed by atoms with Crippen LogP contribution in [0.15, 0.2) is 168 Å². The molecule has 1 N–H and O–H groups in total. The van der Waals surface area contributed by atoms with Gasteiger partial charge in [-0.05, 0) is 91.7 Å². The van der Waals surface area contributed by atoms with Crippen LogP contribution in [0, 0.1) is 7.14 Å². The summed E-state index contributed by atoms with van der Waals surface area (Å²) >= 11 is 4.69. The molecule has 0 bridgehead atoms. The third-order valence-corrected chi connectivity index (χ3v) is 9.81. The average molecular weight is 843 g/mol. The molecule has 0 fully saturated rings. The Kier molecular flexibility index (Phi) is 8.59. The molecule has 0 saturated carbocycles. The van der Waals surface area contributed by atoms with Gasteiger partial charge in [0.25, 0.3) is 0 Å². The monoisotopic (exact) mass is 842 g/mol. The summed E-state index contributed by atoms with van der Waals surface area (Å²) < 4.78 is 2.34. The summed E-state index contributed by atoms with van der Waals surface area (Å²) in [6.45, 7) is 0. The van der Waals surface area contributed by atoms with Gasteiger partial charge >= 0.3 is 0 Å². The molecule has 0 radical (unpaired) electrons. The molecule has 4 nitrogen and oxygen atoms in total. The van der Waals surface area contributed by atoms with Crippen molar-refractivity contribution in [2.24, 2.45) is 9.98 Å². The summed E-state index contributed by atoms with van der Waals surface area (Å²) in [4.78, 5) is 18.9. The SMILES string of the molecule is Ic1cccc(C2=N[C@H](c3ccccc3)C(c3ccc(-c4ccc(-c5nc(-c6cccc(I)c6)[nH]c5-c5ccccc5)cc4)cc3)=N2)c1. The highest BCUT2D eigenvalue weighted by molar-refractivity contribution is 14.1. The highest BCUT2D eigenvalue weighted by Gasteiger charge is 2.26. The van der Waals surface area contributed by atoms with E-state index in [0.29, 0.717) is 0 Å². The molecule has 1 aromatic heterocycles. The molecule has 0 unspecified atom stereocenters. The molecule has 2 heterocycles. The number of rotatable bonds is 7. The number of hydrogen-bond acceptors (Lipinski definition) is 3. The van der Waals surface area contributed by atoms with E-state index in [9.17, 15) is 0 Å². The minimum Gasteiger partial charge on any atom is -0.337 e. The highest BCUT2D eigenvalue weighted by atomic mass is 127. The lowest BCUT2D eigenvalue weighted by Crippen LogP contribution is -2.09. The number of halogens is 2. The van der Waals surface area contributed by atoms with Crippen LogP contribution >= 0.6 is 45.2 Å². The lowest BCUT2D eigenvalue weighted by Gasteiger charge is -2.12. The molecular formula is C42H28I2N4. The molecule has 0 amide bonds. The summed E-state index contributed by atoms with van der Waals surface area (Å²) in [6, 6.07) is 54.8. The van der Waals surface area contributed by atoms with Gasteiger partial charge in [0.15, 0.2) is 5.84 Å². The van der Waals surface area contributed by atoms with Gasteiger partial charge in [0.1, 0.15) is 11.9 Å². The normalized spacial score (nSPS) is 14.1. The molecule has 1 atom stereocenters. The van der Waals surface area contributed by atoms with Crippen molar-refractivity contribution in [2.45, 2.75) is 6.04 Å². The Balaban J connectivity index is 1.10. The molecule has 0 saturated heterocycles. The van der Waals surface area contributed by atoms with Crippen LogP contribution in [0.5, 0.6) is 0 Å². The number of imidazole rings is 1. The van der Waals surface area contributed by atoms with Crippen molar-refractivity contribution in [1.82, 2.24) is 9.97 Å². The van der Waals surface area contributed by atoms with E-state index in [1.54, 1.807) is 0 Å². The predicted octanol–water partition coefficient (Wildman–Crippen LogP) is 11.3. The van der Waals surface area contributed by atoms with Gasteiger partial charge in [0.2, 0.25) is 0 Å². The maximum absolute atomic E-state index is 5.11. The molecule has 6 heteroatoms. The zero-order chi connectivity index (χ0) is 32.5. The van der Waals surface area contributed by atoms with Crippen LogP contribution in [0.3, 0.4) is 0 Å². The second-order valence-corrected chi connectivity index (χ2v) is 14.1. The molecule has 6 aromatic carbocycles. The van der Waals surface area contributed by atoms with Crippen LogP contribution in [0.2, 0.25) is 0 Å². The van der Waals surface area contributed by atoms with E-state index < -0.39 is 0 Å². The van der Waals surface area contributed by atoms with Crippen LogP contribution in [-0.2, 0) is 0 Å². The second-order valence-electron chi connectivity index (χ2n) is 11.6. The molecular weight excluding hydrogens is 814 g/mol.